The van der Waals surface area contributed by atoms with Crippen LogP contribution in [0.5, 0.6) is 0 Å². The van der Waals surface area contributed by atoms with Gasteiger partial charge in [-0.3, -0.25) is 0 Å². The Bertz CT molecular complexity index is 515. The Balaban J connectivity index is 1.57. The molecule has 0 aliphatic carbocycles. The van der Waals surface area contributed by atoms with Crippen LogP contribution >= 0.6 is 11.3 Å². The summed E-state index contributed by atoms with van der Waals surface area (Å²) in [7, 11) is 2.17. The number of pyridine rings is 1. The summed E-state index contributed by atoms with van der Waals surface area (Å²) in [6.07, 6.45) is 1.93. The maximum absolute atomic E-state index is 4.57. The van der Waals surface area contributed by atoms with Crippen molar-refractivity contribution in [2.45, 2.75) is 6.54 Å². The summed E-state index contributed by atoms with van der Waals surface area (Å²) >= 11 is 1.73. The predicted octanol–water partition coefficient (Wildman–Crippen LogP) is 2.51. The molecular weight excluding hydrogens is 268 g/mol. The van der Waals surface area contributed by atoms with Gasteiger partial charge in [0.15, 0.2) is 0 Å². The quantitative estimate of drug-likeness (QED) is 0.936. The van der Waals surface area contributed by atoms with Crippen molar-refractivity contribution in [3.05, 3.63) is 40.7 Å². The van der Waals surface area contributed by atoms with E-state index in [1.54, 1.807) is 11.3 Å². The monoisotopic (exact) mass is 288 g/mol. The van der Waals surface area contributed by atoms with Crippen LogP contribution in [0, 0.1) is 0 Å². The maximum atomic E-state index is 4.57. The van der Waals surface area contributed by atoms with Crippen LogP contribution in [0.4, 0.5) is 11.5 Å². The smallest absolute Gasteiger partial charge is 0.128 e. The van der Waals surface area contributed by atoms with Gasteiger partial charge >= 0.3 is 0 Å². The largest absolute Gasteiger partial charge is 0.380 e. The lowest BCUT2D eigenvalue weighted by Gasteiger charge is -2.33. The van der Waals surface area contributed by atoms with Gasteiger partial charge in [0.25, 0.3) is 0 Å². The van der Waals surface area contributed by atoms with Crippen molar-refractivity contribution in [1.29, 1.82) is 0 Å². The van der Waals surface area contributed by atoms with Crippen LogP contribution in [-0.2, 0) is 6.54 Å². The Morgan fingerprint density at radius 3 is 2.70 bits per heavy atom. The molecule has 2 aromatic heterocycles. The summed E-state index contributed by atoms with van der Waals surface area (Å²) in [5.74, 6) is 1.08. The summed E-state index contributed by atoms with van der Waals surface area (Å²) in [6, 6.07) is 6.37. The third kappa shape index (κ3) is 3.29. The van der Waals surface area contributed by atoms with Crippen LogP contribution in [0.3, 0.4) is 0 Å². The van der Waals surface area contributed by atoms with E-state index < -0.39 is 0 Å². The lowest BCUT2D eigenvalue weighted by molar-refractivity contribution is 0.312. The van der Waals surface area contributed by atoms with E-state index in [1.807, 2.05) is 6.20 Å². The number of piperazine rings is 1. The van der Waals surface area contributed by atoms with E-state index in [4.69, 9.17) is 0 Å². The zero-order valence-electron chi connectivity index (χ0n) is 11.7. The van der Waals surface area contributed by atoms with Crippen LogP contribution in [0.25, 0.3) is 0 Å². The van der Waals surface area contributed by atoms with Crippen LogP contribution in [0.1, 0.15) is 5.56 Å². The Morgan fingerprint density at radius 1 is 1.20 bits per heavy atom. The average Bonchev–Trinajstić information content (AvgIpc) is 3.00. The molecule has 0 bridgehead atoms. The highest BCUT2D eigenvalue weighted by Crippen LogP contribution is 2.16. The lowest BCUT2D eigenvalue weighted by atomic mass is 10.3. The third-order valence-corrected chi connectivity index (χ3v) is 4.38. The minimum atomic E-state index is 0.860. The highest BCUT2D eigenvalue weighted by atomic mass is 32.1. The first kappa shape index (κ1) is 13.4. The molecule has 0 saturated carbocycles. The highest BCUT2D eigenvalue weighted by molar-refractivity contribution is 7.07. The van der Waals surface area contributed by atoms with Crippen molar-refractivity contribution in [1.82, 2.24) is 9.88 Å². The van der Waals surface area contributed by atoms with Gasteiger partial charge in [0.1, 0.15) is 5.82 Å². The number of anilines is 2. The van der Waals surface area contributed by atoms with Gasteiger partial charge in [-0.15, -0.1) is 0 Å². The molecule has 2 aromatic rings. The second-order valence-electron chi connectivity index (χ2n) is 5.18. The summed E-state index contributed by atoms with van der Waals surface area (Å²) in [5, 5.41) is 7.67. The molecule has 0 spiro atoms. The van der Waals surface area contributed by atoms with Gasteiger partial charge in [0, 0.05) is 32.7 Å². The molecule has 3 heterocycles. The van der Waals surface area contributed by atoms with E-state index in [1.165, 1.54) is 5.56 Å². The minimum Gasteiger partial charge on any atom is -0.380 e. The molecule has 4 nitrogen and oxygen atoms in total. The summed E-state index contributed by atoms with van der Waals surface area (Å²) in [4.78, 5) is 9.28. The molecule has 1 fully saturated rings. The Morgan fingerprint density at radius 2 is 2.05 bits per heavy atom. The second-order valence-corrected chi connectivity index (χ2v) is 5.96. The molecule has 0 amide bonds. The van der Waals surface area contributed by atoms with Crippen molar-refractivity contribution in [2.75, 3.05) is 43.4 Å². The molecule has 0 unspecified atom stereocenters. The number of hydrogen-bond acceptors (Lipinski definition) is 5. The van der Waals surface area contributed by atoms with E-state index in [2.05, 4.69) is 56.1 Å². The number of aromatic nitrogens is 1. The van der Waals surface area contributed by atoms with Gasteiger partial charge in [-0.2, -0.15) is 11.3 Å². The van der Waals surface area contributed by atoms with Crippen LogP contribution in [-0.4, -0.2) is 43.1 Å². The third-order valence-electron chi connectivity index (χ3n) is 3.65. The molecule has 0 aromatic carbocycles. The zero-order chi connectivity index (χ0) is 13.8. The average molecular weight is 288 g/mol. The predicted molar refractivity (Wildman–Crippen MR) is 85.6 cm³/mol. The van der Waals surface area contributed by atoms with E-state index in [0.29, 0.717) is 0 Å². The fourth-order valence-corrected chi connectivity index (χ4v) is 2.98. The van der Waals surface area contributed by atoms with E-state index in [9.17, 15) is 0 Å². The summed E-state index contributed by atoms with van der Waals surface area (Å²) < 4.78 is 0. The molecular formula is C15H20N4S. The van der Waals surface area contributed by atoms with Gasteiger partial charge in [0.05, 0.1) is 11.9 Å². The maximum Gasteiger partial charge on any atom is 0.128 e. The fraction of sp³-hybridized carbons (Fsp3) is 0.400. The first-order valence-corrected chi connectivity index (χ1v) is 7.90. The van der Waals surface area contributed by atoms with Gasteiger partial charge < -0.3 is 15.1 Å². The minimum absolute atomic E-state index is 0.860. The number of nitrogens with one attached hydrogen (secondary N) is 1. The topological polar surface area (TPSA) is 31.4 Å². The molecule has 0 atom stereocenters. The molecule has 1 N–H and O–H groups in total. The van der Waals surface area contributed by atoms with Gasteiger partial charge in [-0.25, -0.2) is 4.98 Å². The normalized spacial score (nSPS) is 16.4. The van der Waals surface area contributed by atoms with Crippen molar-refractivity contribution < 1.29 is 0 Å². The zero-order valence-corrected chi connectivity index (χ0v) is 12.6. The molecule has 0 radical (unpaired) electrons. The molecule has 3 rings (SSSR count). The fourth-order valence-electron chi connectivity index (χ4n) is 2.31. The van der Waals surface area contributed by atoms with Gasteiger partial charge in [0.2, 0.25) is 0 Å². The first-order valence-electron chi connectivity index (χ1n) is 6.96. The van der Waals surface area contributed by atoms with E-state index >= 15 is 0 Å². The van der Waals surface area contributed by atoms with Crippen molar-refractivity contribution >= 4 is 22.8 Å². The highest BCUT2D eigenvalue weighted by Gasteiger charge is 2.14. The first-order chi connectivity index (χ1) is 9.81. The molecule has 1 aliphatic heterocycles. The molecule has 5 heteroatoms. The standard InChI is InChI=1S/C15H20N4S/c1-18-5-7-19(8-6-18)15-3-2-14(11-17-15)16-10-13-4-9-20-12-13/h2-4,9,11-12,16H,5-8,10H2,1H3. The molecule has 1 saturated heterocycles. The number of hydrogen-bond donors (Lipinski definition) is 1. The Labute approximate surface area is 124 Å². The number of nitrogens with zero attached hydrogens (tertiary/aromatic N) is 3. The van der Waals surface area contributed by atoms with E-state index in [0.717, 1.165) is 44.2 Å². The van der Waals surface area contributed by atoms with Crippen LogP contribution < -0.4 is 10.2 Å². The summed E-state index contributed by atoms with van der Waals surface area (Å²) in [5.41, 5.74) is 2.40. The van der Waals surface area contributed by atoms with Crippen LogP contribution in [0.2, 0.25) is 0 Å². The summed E-state index contributed by atoms with van der Waals surface area (Å²) in [6.45, 7) is 5.20. The van der Waals surface area contributed by atoms with Crippen molar-refractivity contribution in [3.63, 3.8) is 0 Å². The second kappa shape index (κ2) is 6.24. The molecule has 20 heavy (non-hydrogen) atoms. The number of rotatable bonds is 4. The van der Waals surface area contributed by atoms with Crippen molar-refractivity contribution in [2.24, 2.45) is 0 Å². The van der Waals surface area contributed by atoms with E-state index in [-0.39, 0.29) is 0 Å². The lowest BCUT2D eigenvalue weighted by Crippen LogP contribution is -2.44. The number of thiophene rings is 1. The Hall–Kier alpha value is -1.59. The van der Waals surface area contributed by atoms with Crippen molar-refractivity contribution in [3.8, 4) is 0 Å². The van der Waals surface area contributed by atoms with Gasteiger partial charge in [-0.05, 0) is 41.6 Å². The van der Waals surface area contributed by atoms with Gasteiger partial charge in [-0.1, -0.05) is 0 Å². The van der Waals surface area contributed by atoms with Crippen LogP contribution in [0.15, 0.2) is 35.2 Å². The Kier molecular flexibility index (Phi) is 4.18. The SMILES string of the molecule is CN1CCN(c2ccc(NCc3ccsc3)cn2)CC1. The molecule has 106 valence electrons. The molecule has 1 aliphatic rings. The number of likely N-dealkylation sites (N-methyl/N-ethyl adjacent to an activating group) is 1.